The molecule has 1 aromatic heterocycles. The lowest BCUT2D eigenvalue weighted by atomic mass is 10.2. The summed E-state index contributed by atoms with van der Waals surface area (Å²) in [6.45, 7) is 5.14. The Kier molecular flexibility index (Phi) is 4.96. The van der Waals surface area contributed by atoms with Crippen LogP contribution in [0.15, 0.2) is 0 Å². The van der Waals surface area contributed by atoms with Crippen molar-refractivity contribution in [1.29, 1.82) is 0 Å². The van der Waals surface area contributed by atoms with Crippen molar-refractivity contribution >= 4 is 28.3 Å². The zero-order chi connectivity index (χ0) is 16.4. The summed E-state index contributed by atoms with van der Waals surface area (Å²) in [7, 11) is 0. The van der Waals surface area contributed by atoms with Crippen LogP contribution in [0.1, 0.15) is 48.0 Å². The molecule has 3 rings (SSSR count). The molecule has 1 aliphatic heterocycles. The molecule has 1 unspecified atom stereocenters. The second-order valence-corrected chi connectivity index (χ2v) is 6.97. The molecule has 7 heteroatoms. The molecule has 1 aromatic rings. The van der Waals surface area contributed by atoms with Gasteiger partial charge in [0.05, 0.1) is 24.9 Å². The highest BCUT2D eigenvalue weighted by atomic mass is 32.1. The SMILES string of the molecule is CCOC(=O)c1sc(N(CC2CCCO2)C(=O)C2CC2)nc1C. The molecule has 0 N–H and O–H groups in total. The molecule has 1 saturated carbocycles. The molecular formula is C16H22N2O4S. The van der Waals surface area contributed by atoms with Crippen LogP contribution in [0.3, 0.4) is 0 Å². The lowest BCUT2D eigenvalue weighted by molar-refractivity contribution is -0.120. The van der Waals surface area contributed by atoms with Gasteiger partial charge in [-0.3, -0.25) is 9.69 Å². The highest BCUT2D eigenvalue weighted by Gasteiger charge is 2.37. The Morgan fingerprint density at radius 3 is 2.78 bits per heavy atom. The number of hydrogen-bond acceptors (Lipinski definition) is 6. The molecule has 1 atom stereocenters. The van der Waals surface area contributed by atoms with Crippen molar-refractivity contribution in [3.05, 3.63) is 10.6 Å². The number of anilines is 1. The average molecular weight is 338 g/mol. The van der Waals surface area contributed by atoms with Gasteiger partial charge in [0.15, 0.2) is 5.13 Å². The van der Waals surface area contributed by atoms with Gasteiger partial charge in [0, 0.05) is 12.5 Å². The summed E-state index contributed by atoms with van der Waals surface area (Å²) in [5.74, 6) is -0.166. The van der Waals surface area contributed by atoms with Gasteiger partial charge < -0.3 is 9.47 Å². The lowest BCUT2D eigenvalue weighted by Gasteiger charge is -2.23. The van der Waals surface area contributed by atoms with E-state index in [0.29, 0.717) is 28.9 Å². The van der Waals surface area contributed by atoms with E-state index in [1.807, 2.05) is 0 Å². The molecule has 0 bridgehead atoms. The van der Waals surface area contributed by atoms with Gasteiger partial charge in [0.1, 0.15) is 4.88 Å². The number of amides is 1. The van der Waals surface area contributed by atoms with Crippen LogP contribution in [0, 0.1) is 12.8 Å². The standard InChI is InChI=1S/C16H22N2O4S/c1-3-21-15(20)13-10(2)17-16(23-13)18(14(19)11-6-7-11)9-12-5-4-8-22-12/h11-12H,3-9H2,1-2H3. The summed E-state index contributed by atoms with van der Waals surface area (Å²) >= 11 is 1.24. The van der Waals surface area contributed by atoms with Crippen LogP contribution < -0.4 is 4.90 Å². The Morgan fingerprint density at radius 1 is 1.39 bits per heavy atom. The third kappa shape index (κ3) is 3.72. The van der Waals surface area contributed by atoms with E-state index >= 15 is 0 Å². The van der Waals surface area contributed by atoms with E-state index in [0.717, 1.165) is 32.3 Å². The minimum Gasteiger partial charge on any atom is -0.462 e. The number of carbonyl (C=O) groups is 2. The molecular weight excluding hydrogens is 316 g/mol. The number of aromatic nitrogens is 1. The first kappa shape index (κ1) is 16.4. The lowest BCUT2D eigenvalue weighted by Crippen LogP contribution is -2.38. The van der Waals surface area contributed by atoms with E-state index in [4.69, 9.17) is 9.47 Å². The van der Waals surface area contributed by atoms with Crippen LogP contribution in [0.2, 0.25) is 0 Å². The second-order valence-electron chi connectivity index (χ2n) is 5.99. The normalized spacial score (nSPS) is 20.5. The van der Waals surface area contributed by atoms with Gasteiger partial charge in [-0.15, -0.1) is 0 Å². The third-order valence-electron chi connectivity index (χ3n) is 4.08. The Bertz CT molecular complexity index is 591. The smallest absolute Gasteiger partial charge is 0.350 e. The Morgan fingerprint density at radius 2 is 2.17 bits per heavy atom. The van der Waals surface area contributed by atoms with E-state index < -0.39 is 0 Å². The summed E-state index contributed by atoms with van der Waals surface area (Å²) < 4.78 is 10.7. The van der Waals surface area contributed by atoms with Crippen LogP contribution in [0.4, 0.5) is 5.13 Å². The molecule has 6 nitrogen and oxygen atoms in total. The molecule has 0 aromatic carbocycles. The molecule has 1 aliphatic carbocycles. The van der Waals surface area contributed by atoms with Crippen molar-refractivity contribution in [2.75, 3.05) is 24.7 Å². The Hall–Kier alpha value is -1.47. The van der Waals surface area contributed by atoms with Crippen molar-refractivity contribution in [1.82, 2.24) is 4.98 Å². The maximum absolute atomic E-state index is 12.6. The molecule has 2 aliphatic rings. The predicted molar refractivity (Wildman–Crippen MR) is 86.9 cm³/mol. The van der Waals surface area contributed by atoms with E-state index in [-0.39, 0.29) is 23.9 Å². The summed E-state index contributed by atoms with van der Waals surface area (Å²) in [5.41, 5.74) is 0.615. The molecule has 0 radical (unpaired) electrons. The Balaban J connectivity index is 1.81. The van der Waals surface area contributed by atoms with Gasteiger partial charge in [0.25, 0.3) is 0 Å². The molecule has 1 amide bonds. The topological polar surface area (TPSA) is 68.7 Å². The van der Waals surface area contributed by atoms with E-state index in [9.17, 15) is 9.59 Å². The van der Waals surface area contributed by atoms with Crippen molar-refractivity contribution in [3.8, 4) is 0 Å². The second kappa shape index (κ2) is 6.97. The average Bonchev–Trinajstić information content (AvgIpc) is 3.11. The largest absolute Gasteiger partial charge is 0.462 e. The van der Waals surface area contributed by atoms with Crippen LogP contribution in [0.5, 0.6) is 0 Å². The molecule has 23 heavy (non-hydrogen) atoms. The minimum atomic E-state index is -0.371. The fourth-order valence-corrected chi connectivity index (χ4v) is 3.66. The van der Waals surface area contributed by atoms with Gasteiger partial charge in [0.2, 0.25) is 5.91 Å². The van der Waals surface area contributed by atoms with Gasteiger partial charge in [-0.1, -0.05) is 11.3 Å². The number of rotatable bonds is 6. The maximum atomic E-state index is 12.6. The monoisotopic (exact) mass is 338 g/mol. The summed E-state index contributed by atoms with van der Waals surface area (Å²) in [6.07, 6.45) is 3.93. The van der Waals surface area contributed by atoms with Gasteiger partial charge >= 0.3 is 5.97 Å². The van der Waals surface area contributed by atoms with Gasteiger partial charge in [-0.25, -0.2) is 9.78 Å². The predicted octanol–water partition coefficient (Wildman–Crippen LogP) is 2.55. The van der Waals surface area contributed by atoms with Crippen LogP contribution in [-0.2, 0) is 14.3 Å². The molecule has 1 saturated heterocycles. The molecule has 2 fully saturated rings. The van der Waals surface area contributed by atoms with Crippen molar-refractivity contribution in [2.24, 2.45) is 5.92 Å². The number of ether oxygens (including phenoxy) is 2. The zero-order valence-electron chi connectivity index (χ0n) is 13.5. The number of nitrogens with zero attached hydrogens (tertiary/aromatic N) is 2. The first-order valence-electron chi connectivity index (χ1n) is 8.17. The highest BCUT2D eigenvalue weighted by Crippen LogP contribution is 2.35. The van der Waals surface area contributed by atoms with Gasteiger partial charge in [-0.05, 0) is 39.5 Å². The maximum Gasteiger partial charge on any atom is 0.350 e. The van der Waals surface area contributed by atoms with Crippen LogP contribution in [-0.4, -0.2) is 42.7 Å². The number of thiazole rings is 1. The van der Waals surface area contributed by atoms with Crippen molar-refractivity contribution in [2.45, 2.75) is 45.6 Å². The third-order valence-corrected chi connectivity index (χ3v) is 5.24. The summed E-state index contributed by atoms with van der Waals surface area (Å²) in [6, 6.07) is 0. The van der Waals surface area contributed by atoms with Crippen molar-refractivity contribution in [3.63, 3.8) is 0 Å². The summed E-state index contributed by atoms with van der Waals surface area (Å²) in [4.78, 5) is 31.3. The quantitative estimate of drug-likeness (QED) is 0.746. The first-order valence-corrected chi connectivity index (χ1v) is 8.99. The van der Waals surface area contributed by atoms with Gasteiger partial charge in [-0.2, -0.15) is 0 Å². The van der Waals surface area contributed by atoms with E-state index in [1.54, 1.807) is 18.7 Å². The van der Waals surface area contributed by atoms with Crippen molar-refractivity contribution < 1.29 is 19.1 Å². The van der Waals surface area contributed by atoms with Crippen LogP contribution in [0.25, 0.3) is 0 Å². The van der Waals surface area contributed by atoms with E-state index in [1.165, 1.54) is 11.3 Å². The first-order chi connectivity index (χ1) is 11.1. The number of aryl methyl sites for hydroxylation is 1. The highest BCUT2D eigenvalue weighted by molar-refractivity contribution is 7.17. The van der Waals surface area contributed by atoms with E-state index in [2.05, 4.69) is 4.98 Å². The molecule has 126 valence electrons. The number of hydrogen-bond donors (Lipinski definition) is 0. The number of esters is 1. The molecule has 2 heterocycles. The fourth-order valence-electron chi connectivity index (χ4n) is 2.69. The number of carbonyl (C=O) groups excluding carboxylic acids is 2. The van der Waals surface area contributed by atoms with Crippen LogP contribution >= 0.6 is 11.3 Å². The summed E-state index contributed by atoms with van der Waals surface area (Å²) in [5, 5.41) is 0.581. The zero-order valence-corrected chi connectivity index (χ0v) is 14.4. The Labute approximate surface area is 139 Å². The molecule has 0 spiro atoms. The fraction of sp³-hybridized carbons (Fsp3) is 0.688. The minimum absolute atomic E-state index is 0.0629.